The Labute approximate surface area is 268 Å². The summed E-state index contributed by atoms with van der Waals surface area (Å²) in [5.74, 6) is 0. The van der Waals surface area contributed by atoms with E-state index in [1.165, 1.54) is 5.56 Å². The Kier molecular flexibility index (Phi) is 6.88. The molecule has 4 heteroatoms. The van der Waals surface area contributed by atoms with E-state index >= 15 is 0 Å². The van der Waals surface area contributed by atoms with Gasteiger partial charge in [-0.1, -0.05) is 78.9 Å². The van der Waals surface area contributed by atoms with Gasteiger partial charge in [0.15, 0.2) is 0 Å². The fraction of sp³-hybridized carbons (Fsp3) is 0.0476. The fourth-order valence-electron chi connectivity index (χ4n) is 6.50. The van der Waals surface area contributed by atoms with Crippen LogP contribution >= 0.6 is 0 Å². The summed E-state index contributed by atoms with van der Waals surface area (Å²) < 4.78 is 0. The van der Waals surface area contributed by atoms with Gasteiger partial charge in [-0.05, 0) is 101 Å². The largest absolute Gasteiger partial charge is 0.261 e. The van der Waals surface area contributed by atoms with Crippen molar-refractivity contribution in [1.82, 2.24) is 19.9 Å². The Morgan fingerprint density at radius 1 is 0.370 bits per heavy atom. The van der Waals surface area contributed by atoms with Crippen molar-refractivity contribution < 1.29 is 0 Å². The highest BCUT2D eigenvalue weighted by Crippen LogP contribution is 2.44. The van der Waals surface area contributed by atoms with E-state index in [-0.39, 0.29) is 0 Å². The van der Waals surface area contributed by atoms with Gasteiger partial charge in [-0.25, -0.2) is 9.97 Å². The third-order valence-electron chi connectivity index (χ3n) is 8.71. The molecule has 0 bridgehead atoms. The first-order chi connectivity index (χ1) is 22.7. The molecule has 0 atom stereocenters. The van der Waals surface area contributed by atoms with Gasteiger partial charge in [-0.15, -0.1) is 0 Å². The summed E-state index contributed by atoms with van der Waals surface area (Å²) in [7, 11) is 0. The van der Waals surface area contributed by atoms with E-state index in [0.717, 1.165) is 83.5 Å². The van der Waals surface area contributed by atoms with Crippen LogP contribution in [0.15, 0.2) is 146 Å². The van der Waals surface area contributed by atoms with E-state index in [2.05, 4.69) is 131 Å². The first-order valence-electron chi connectivity index (χ1n) is 15.5. The van der Waals surface area contributed by atoms with E-state index < -0.39 is 0 Å². The average Bonchev–Trinajstić information content (AvgIpc) is 3.11. The minimum Gasteiger partial charge on any atom is -0.261 e. The predicted molar refractivity (Wildman–Crippen MR) is 189 cm³/mol. The number of hydrogen-bond acceptors (Lipinski definition) is 4. The number of fused-ring (bicyclic) bond motifs is 2. The lowest BCUT2D eigenvalue weighted by Crippen LogP contribution is -1.97. The second kappa shape index (κ2) is 11.5. The molecule has 0 amide bonds. The standard InChI is InChI=1S/C42H30N4/c1-27-31(16-10-24-43-27)37-18-8-20-39(45-37)41-33-14-6-7-15-34(33)42(36-26-30(22-23-35(36)41)29-12-4-3-5-13-29)40-21-9-19-38(46-40)32-17-11-25-44-28(32)2/h3-26H,1-2H3. The lowest BCUT2D eigenvalue weighted by atomic mass is 9.87. The molecule has 4 nitrogen and oxygen atoms in total. The van der Waals surface area contributed by atoms with Gasteiger partial charge in [0.2, 0.25) is 0 Å². The van der Waals surface area contributed by atoms with Crippen LogP contribution in [0.1, 0.15) is 11.4 Å². The molecule has 218 valence electrons. The van der Waals surface area contributed by atoms with Gasteiger partial charge in [0.1, 0.15) is 0 Å². The van der Waals surface area contributed by atoms with Crippen LogP contribution in [0.5, 0.6) is 0 Å². The Balaban J connectivity index is 1.45. The van der Waals surface area contributed by atoms with Crippen molar-refractivity contribution in [2.24, 2.45) is 0 Å². The Bertz CT molecular complexity index is 2400. The number of hydrogen-bond donors (Lipinski definition) is 0. The zero-order valence-electron chi connectivity index (χ0n) is 25.6. The highest BCUT2D eigenvalue weighted by atomic mass is 14.7. The van der Waals surface area contributed by atoms with E-state index in [1.807, 2.05) is 38.4 Å². The highest BCUT2D eigenvalue weighted by Gasteiger charge is 2.20. The molecule has 8 rings (SSSR count). The molecule has 0 aliphatic rings. The van der Waals surface area contributed by atoms with Crippen molar-refractivity contribution in [2.45, 2.75) is 13.8 Å². The van der Waals surface area contributed by atoms with Crippen LogP contribution < -0.4 is 0 Å². The minimum absolute atomic E-state index is 0.907. The topological polar surface area (TPSA) is 51.6 Å². The fourth-order valence-corrected chi connectivity index (χ4v) is 6.50. The molecule has 4 aromatic heterocycles. The van der Waals surface area contributed by atoms with Crippen molar-refractivity contribution in [1.29, 1.82) is 0 Å². The lowest BCUT2D eigenvalue weighted by Gasteiger charge is -2.19. The number of rotatable bonds is 5. The molecule has 0 aliphatic carbocycles. The van der Waals surface area contributed by atoms with Gasteiger partial charge in [0.05, 0.1) is 22.8 Å². The molecular weight excluding hydrogens is 560 g/mol. The molecule has 0 N–H and O–H groups in total. The normalized spacial score (nSPS) is 11.3. The molecule has 0 fully saturated rings. The maximum Gasteiger partial charge on any atom is 0.0727 e. The molecule has 4 aromatic carbocycles. The molecule has 0 spiro atoms. The number of nitrogens with zero attached hydrogens (tertiary/aromatic N) is 4. The number of aromatic nitrogens is 4. The summed E-state index contributed by atoms with van der Waals surface area (Å²) in [6.07, 6.45) is 3.65. The second-order valence-electron chi connectivity index (χ2n) is 11.5. The van der Waals surface area contributed by atoms with Gasteiger partial charge in [-0.2, -0.15) is 0 Å². The van der Waals surface area contributed by atoms with Crippen LogP contribution in [-0.2, 0) is 0 Å². The average molecular weight is 591 g/mol. The number of benzene rings is 4. The zero-order valence-corrected chi connectivity index (χ0v) is 25.6. The van der Waals surface area contributed by atoms with E-state index in [1.54, 1.807) is 0 Å². The minimum atomic E-state index is 0.907. The summed E-state index contributed by atoms with van der Waals surface area (Å²) in [5, 5.41) is 4.53. The third-order valence-corrected chi connectivity index (χ3v) is 8.71. The van der Waals surface area contributed by atoms with Crippen LogP contribution in [0, 0.1) is 13.8 Å². The first-order valence-corrected chi connectivity index (χ1v) is 15.5. The molecular formula is C42H30N4. The van der Waals surface area contributed by atoms with Crippen molar-refractivity contribution in [2.75, 3.05) is 0 Å². The maximum absolute atomic E-state index is 5.28. The first kappa shape index (κ1) is 27.5. The van der Waals surface area contributed by atoms with Crippen LogP contribution in [0.4, 0.5) is 0 Å². The van der Waals surface area contributed by atoms with Crippen molar-refractivity contribution in [3.05, 3.63) is 157 Å². The van der Waals surface area contributed by atoms with Crippen molar-refractivity contribution >= 4 is 21.5 Å². The van der Waals surface area contributed by atoms with Gasteiger partial charge in [0, 0.05) is 46.0 Å². The SMILES string of the molecule is Cc1ncccc1-c1cccc(-c2c3ccccc3c(-c3cccc(-c4cccnc4C)n3)c3cc(-c4ccccc4)ccc23)n1. The Morgan fingerprint density at radius 3 is 1.43 bits per heavy atom. The highest BCUT2D eigenvalue weighted by molar-refractivity contribution is 6.21. The summed E-state index contributed by atoms with van der Waals surface area (Å²) in [5.41, 5.74) is 12.2. The van der Waals surface area contributed by atoms with E-state index in [0.29, 0.717) is 0 Å². The zero-order chi connectivity index (χ0) is 31.0. The van der Waals surface area contributed by atoms with Gasteiger partial charge in [-0.3, -0.25) is 9.97 Å². The summed E-state index contributed by atoms with van der Waals surface area (Å²) >= 11 is 0. The summed E-state index contributed by atoms with van der Waals surface area (Å²) in [4.78, 5) is 19.6. The summed E-state index contributed by atoms with van der Waals surface area (Å²) in [6.45, 7) is 4.06. The van der Waals surface area contributed by atoms with Crippen molar-refractivity contribution in [3.63, 3.8) is 0 Å². The van der Waals surface area contributed by atoms with Gasteiger partial charge < -0.3 is 0 Å². The quantitative estimate of drug-likeness (QED) is 0.187. The van der Waals surface area contributed by atoms with Crippen LogP contribution in [0.2, 0.25) is 0 Å². The molecule has 0 saturated carbocycles. The molecule has 0 radical (unpaired) electrons. The van der Waals surface area contributed by atoms with Gasteiger partial charge >= 0.3 is 0 Å². The van der Waals surface area contributed by atoms with Crippen LogP contribution in [-0.4, -0.2) is 19.9 Å². The molecule has 8 aromatic rings. The third kappa shape index (κ3) is 4.81. The Hall–Kier alpha value is -6.00. The predicted octanol–water partition coefficient (Wildman–Crippen LogP) is 10.5. The molecule has 4 heterocycles. The van der Waals surface area contributed by atoms with Crippen molar-refractivity contribution in [3.8, 4) is 56.2 Å². The number of aryl methyl sites for hydroxylation is 2. The summed E-state index contributed by atoms with van der Waals surface area (Å²) in [6, 6.07) is 46.6. The van der Waals surface area contributed by atoms with Crippen LogP contribution in [0.3, 0.4) is 0 Å². The van der Waals surface area contributed by atoms with E-state index in [9.17, 15) is 0 Å². The van der Waals surface area contributed by atoms with Crippen LogP contribution in [0.25, 0.3) is 77.7 Å². The maximum atomic E-state index is 5.28. The second-order valence-corrected chi connectivity index (χ2v) is 11.5. The Morgan fingerprint density at radius 2 is 0.870 bits per heavy atom. The molecule has 0 aliphatic heterocycles. The van der Waals surface area contributed by atoms with Gasteiger partial charge in [0.25, 0.3) is 0 Å². The lowest BCUT2D eigenvalue weighted by molar-refractivity contribution is 1.19. The molecule has 46 heavy (non-hydrogen) atoms. The van der Waals surface area contributed by atoms with E-state index in [4.69, 9.17) is 9.97 Å². The molecule has 0 unspecified atom stereocenters. The smallest absolute Gasteiger partial charge is 0.0727 e. The number of pyridine rings is 4. The monoisotopic (exact) mass is 590 g/mol. The molecule has 0 saturated heterocycles.